The zero-order valence-electron chi connectivity index (χ0n) is 21.0. The van der Waals surface area contributed by atoms with Crippen molar-refractivity contribution >= 4 is 5.91 Å². The van der Waals surface area contributed by atoms with Crippen LogP contribution in [0.2, 0.25) is 0 Å². The number of carbonyl (C=O) groups excluding carboxylic acids is 1. The standard InChI is InChI=1S/C28H36N4O2/c1-19-6-8-21(9-7-19)20(2)29-27(33)23-14-16-32(17-15-23)18-25-30-26(31-34-25)22-10-12-24(13-11-22)28(3,4)5/h6-13,20,23H,14-18H2,1-5H3,(H,29,33). The second-order valence-electron chi connectivity index (χ2n) is 10.5. The first-order valence-corrected chi connectivity index (χ1v) is 12.2. The third kappa shape index (κ3) is 5.92. The Morgan fingerprint density at radius 2 is 1.74 bits per heavy atom. The summed E-state index contributed by atoms with van der Waals surface area (Å²) in [4.78, 5) is 19.7. The van der Waals surface area contributed by atoms with Crippen molar-refractivity contribution < 1.29 is 9.32 Å². The van der Waals surface area contributed by atoms with E-state index < -0.39 is 0 Å². The van der Waals surface area contributed by atoms with Gasteiger partial charge in [-0.1, -0.05) is 80.0 Å². The SMILES string of the molecule is Cc1ccc(C(C)NC(=O)C2CCN(Cc3nc(-c4ccc(C(C)(C)C)cc4)no3)CC2)cc1. The molecule has 6 nitrogen and oxygen atoms in total. The molecule has 0 spiro atoms. The van der Waals surface area contributed by atoms with Crippen molar-refractivity contribution in [3.8, 4) is 11.4 Å². The molecule has 1 N–H and O–H groups in total. The topological polar surface area (TPSA) is 71.3 Å². The van der Waals surface area contributed by atoms with Crippen LogP contribution in [0.3, 0.4) is 0 Å². The Morgan fingerprint density at radius 1 is 1.09 bits per heavy atom. The van der Waals surface area contributed by atoms with Crippen LogP contribution >= 0.6 is 0 Å². The molecule has 2 heterocycles. The van der Waals surface area contributed by atoms with Gasteiger partial charge in [0.15, 0.2) is 0 Å². The van der Waals surface area contributed by atoms with Crippen LogP contribution in [0.15, 0.2) is 53.1 Å². The van der Waals surface area contributed by atoms with Gasteiger partial charge in [-0.15, -0.1) is 0 Å². The summed E-state index contributed by atoms with van der Waals surface area (Å²) in [5.41, 5.74) is 4.71. The number of likely N-dealkylation sites (tertiary alicyclic amines) is 1. The fourth-order valence-electron chi connectivity index (χ4n) is 4.37. The highest BCUT2D eigenvalue weighted by molar-refractivity contribution is 5.79. The minimum atomic E-state index is 0.0143. The number of benzene rings is 2. The van der Waals surface area contributed by atoms with Crippen LogP contribution in [0.4, 0.5) is 0 Å². The molecule has 6 heteroatoms. The van der Waals surface area contributed by atoms with Gasteiger partial charge in [0.2, 0.25) is 17.6 Å². The first kappa shape index (κ1) is 24.1. The summed E-state index contributed by atoms with van der Waals surface area (Å²) in [5, 5.41) is 7.36. The van der Waals surface area contributed by atoms with Gasteiger partial charge in [-0.3, -0.25) is 9.69 Å². The van der Waals surface area contributed by atoms with E-state index in [1.54, 1.807) is 0 Å². The lowest BCUT2D eigenvalue weighted by atomic mass is 9.87. The molecule has 34 heavy (non-hydrogen) atoms. The van der Waals surface area contributed by atoms with Gasteiger partial charge in [0, 0.05) is 11.5 Å². The van der Waals surface area contributed by atoms with Crippen molar-refractivity contribution in [3.63, 3.8) is 0 Å². The molecule has 1 saturated heterocycles. The van der Waals surface area contributed by atoms with Crippen LogP contribution in [-0.2, 0) is 16.8 Å². The minimum Gasteiger partial charge on any atom is -0.349 e. The van der Waals surface area contributed by atoms with Gasteiger partial charge in [0.1, 0.15) is 0 Å². The molecule has 1 unspecified atom stereocenters. The molecule has 0 aliphatic carbocycles. The lowest BCUT2D eigenvalue weighted by Crippen LogP contribution is -2.40. The van der Waals surface area contributed by atoms with Crippen molar-refractivity contribution in [2.45, 2.75) is 65.5 Å². The molecule has 3 aromatic rings. The van der Waals surface area contributed by atoms with Crippen molar-refractivity contribution in [1.82, 2.24) is 20.4 Å². The smallest absolute Gasteiger partial charge is 0.241 e. The maximum atomic E-state index is 12.8. The second kappa shape index (κ2) is 10.1. The molecule has 0 saturated carbocycles. The Kier molecular flexibility index (Phi) is 7.17. The molecule has 180 valence electrons. The molecule has 1 aliphatic rings. The number of carbonyl (C=O) groups is 1. The highest BCUT2D eigenvalue weighted by Crippen LogP contribution is 2.26. The summed E-state index contributed by atoms with van der Waals surface area (Å²) in [5.74, 6) is 1.43. The molecule has 1 atom stereocenters. The Bertz CT molecular complexity index is 1090. The number of hydrogen-bond acceptors (Lipinski definition) is 5. The summed E-state index contributed by atoms with van der Waals surface area (Å²) in [6.07, 6.45) is 1.67. The van der Waals surface area contributed by atoms with Crippen LogP contribution in [-0.4, -0.2) is 34.0 Å². The van der Waals surface area contributed by atoms with Gasteiger partial charge >= 0.3 is 0 Å². The molecular weight excluding hydrogens is 424 g/mol. The van der Waals surface area contributed by atoms with Gasteiger partial charge in [-0.25, -0.2) is 0 Å². The van der Waals surface area contributed by atoms with E-state index in [2.05, 4.69) is 96.6 Å². The number of amides is 1. The highest BCUT2D eigenvalue weighted by Gasteiger charge is 2.27. The monoisotopic (exact) mass is 460 g/mol. The Labute approximate surface area is 202 Å². The maximum absolute atomic E-state index is 12.8. The van der Waals surface area contributed by atoms with Gasteiger partial charge < -0.3 is 9.84 Å². The lowest BCUT2D eigenvalue weighted by molar-refractivity contribution is -0.127. The third-order valence-corrected chi connectivity index (χ3v) is 6.73. The second-order valence-corrected chi connectivity index (χ2v) is 10.5. The van der Waals surface area contributed by atoms with Gasteiger partial charge in [0.05, 0.1) is 12.6 Å². The van der Waals surface area contributed by atoms with E-state index in [1.165, 1.54) is 11.1 Å². The number of rotatable bonds is 6. The predicted molar refractivity (Wildman–Crippen MR) is 134 cm³/mol. The van der Waals surface area contributed by atoms with Gasteiger partial charge in [-0.05, 0) is 56.3 Å². The number of nitrogens with zero attached hydrogens (tertiary/aromatic N) is 3. The molecule has 1 aliphatic heterocycles. The predicted octanol–water partition coefficient (Wildman–Crippen LogP) is 5.43. The molecular formula is C28H36N4O2. The molecule has 1 fully saturated rings. The van der Waals surface area contributed by atoms with Crippen molar-refractivity contribution in [3.05, 3.63) is 71.1 Å². The van der Waals surface area contributed by atoms with Gasteiger partial charge in [0.25, 0.3) is 0 Å². The van der Waals surface area contributed by atoms with Crippen LogP contribution in [0.25, 0.3) is 11.4 Å². The van der Waals surface area contributed by atoms with Crippen LogP contribution in [0.1, 0.15) is 69.2 Å². The zero-order chi connectivity index (χ0) is 24.3. The first-order valence-electron chi connectivity index (χ1n) is 12.2. The van der Waals surface area contributed by atoms with E-state index in [1.807, 2.05) is 6.92 Å². The maximum Gasteiger partial charge on any atom is 0.241 e. The Morgan fingerprint density at radius 3 is 2.35 bits per heavy atom. The Hall–Kier alpha value is -2.99. The molecule has 0 radical (unpaired) electrons. The zero-order valence-corrected chi connectivity index (χ0v) is 21.0. The number of piperidine rings is 1. The quantitative estimate of drug-likeness (QED) is 0.531. The van der Waals surface area contributed by atoms with Crippen molar-refractivity contribution in [2.24, 2.45) is 5.92 Å². The summed E-state index contributed by atoms with van der Waals surface area (Å²) >= 11 is 0. The Balaban J connectivity index is 1.27. The summed E-state index contributed by atoms with van der Waals surface area (Å²) in [6.45, 7) is 13.0. The molecule has 2 aromatic carbocycles. The van der Waals surface area contributed by atoms with E-state index in [0.29, 0.717) is 18.3 Å². The average Bonchev–Trinajstić information content (AvgIpc) is 3.28. The molecule has 1 amide bonds. The van der Waals surface area contributed by atoms with Crippen molar-refractivity contribution in [2.75, 3.05) is 13.1 Å². The fourth-order valence-corrected chi connectivity index (χ4v) is 4.37. The summed E-state index contributed by atoms with van der Waals surface area (Å²) in [6, 6.07) is 16.7. The van der Waals surface area contributed by atoms with Crippen LogP contribution in [0, 0.1) is 12.8 Å². The number of hydrogen-bond donors (Lipinski definition) is 1. The first-order chi connectivity index (χ1) is 16.2. The number of nitrogens with one attached hydrogen (secondary N) is 1. The van der Waals surface area contributed by atoms with Gasteiger partial charge in [-0.2, -0.15) is 4.98 Å². The lowest BCUT2D eigenvalue weighted by Gasteiger charge is -2.30. The molecule has 4 rings (SSSR count). The minimum absolute atomic E-state index is 0.0143. The summed E-state index contributed by atoms with van der Waals surface area (Å²) in [7, 11) is 0. The number of aryl methyl sites for hydroxylation is 1. The number of aromatic nitrogens is 2. The van der Waals surface area contributed by atoms with Crippen LogP contribution < -0.4 is 5.32 Å². The van der Waals surface area contributed by atoms with E-state index in [4.69, 9.17) is 4.52 Å². The fraction of sp³-hybridized carbons (Fsp3) is 0.464. The van der Waals surface area contributed by atoms with E-state index in [-0.39, 0.29) is 23.3 Å². The average molecular weight is 461 g/mol. The summed E-state index contributed by atoms with van der Waals surface area (Å²) < 4.78 is 5.52. The van der Waals surface area contributed by atoms with E-state index in [9.17, 15) is 4.79 Å². The van der Waals surface area contributed by atoms with E-state index >= 15 is 0 Å². The van der Waals surface area contributed by atoms with E-state index in [0.717, 1.165) is 37.1 Å². The molecule has 0 bridgehead atoms. The normalized spacial score (nSPS) is 16.4. The highest BCUT2D eigenvalue weighted by atomic mass is 16.5. The van der Waals surface area contributed by atoms with Crippen molar-refractivity contribution in [1.29, 1.82) is 0 Å². The molecule has 1 aromatic heterocycles. The third-order valence-electron chi connectivity index (χ3n) is 6.73. The van der Waals surface area contributed by atoms with Crippen LogP contribution in [0.5, 0.6) is 0 Å². The largest absolute Gasteiger partial charge is 0.349 e.